The van der Waals surface area contributed by atoms with Crippen molar-refractivity contribution in [3.05, 3.63) is 29.8 Å². The molecular weight excluding hydrogens is 490 g/mol. The molecule has 0 aliphatic rings. The summed E-state index contributed by atoms with van der Waals surface area (Å²) in [5.41, 5.74) is 0.128. The molecule has 0 saturated carbocycles. The van der Waals surface area contributed by atoms with Crippen LogP contribution in [0.15, 0.2) is 29.2 Å². The Bertz CT molecular complexity index is 611. The molecule has 0 spiro atoms. The van der Waals surface area contributed by atoms with Crippen LogP contribution >= 0.6 is 47.8 Å². The number of sulfone groups is 1. The van der Waals surface area contributed by atoms with Crippen molar-refractivity contribution in [3.63, 3.8) is 0 Å². The maximum absolute atomic E-state index is 12.5. The summed E-state index contributed by atoms with van der Waals surface area (Å²) in [6.45, 7) is 3.91. The minimum absolute atomic E-state index is 0.0140. The van der Waals surface area contributed by atoms with Crippen LogP contribution in [-0.4, -0.2) is 21.8 Å². The molecule has 21 heavy (non-hydrogen) atoms. The quantitative estimate of drug-likeness (QED) is 0.611. The van der Waals surface area contributed by atoms with Crippen molar-refractivity contribution in [3.8, 4) is 0 Å². The monoisotopic (exact) mass is 503 g/mol. The molecule has 1 N–H and O–H groups in total. The summed E-state index contributed by atoms with van der Waals surface area (Å²) < 4.78 is 23.4. The van der Waals surface area contributed by atoms with E-state index in [0.29, 0.717) is 0 Å². The second-order valence-electron chi connectivity index (χ2n) is 4.61. The summed E-state index contributed by atoms with van der Waals surface area (Å²) in [6.07, 6.45) is 1.77. The van der Waals surface area contributed by atoms with Gasteiger partial charge in [-0.25, -0.2) is 8.42 Å². The van der Waals surface area contributed by atoms with E-state index >= 15 is 0 Å². The molecule has 0 saturated heterocycles. The summed E-state index contributed by atoms with van der Waals surface area (Å²) in [4.78, 5) is 12.3. The predicted molar refractivity (Wildman–Crippen MR) is 95.0 cm³/mol. The fraction of sp³-hybridized carbons (Fsp3) is 0.462. The van der Waals surface area contributed by atoms with Gasteiger partial charge in [0, 0.05) is 6.04 Å². The number of amides is 1. The minimum Gasteiger partial charge on any atom is -0.350 e. The van der Waals surface area contributed by atoms with Crippen LogP contribution in [0.3, 0.4) is 0 Å². The van der Waals surface area contributed by atoms with Gasteiger partial charge in [0.15, 0.2) is 0 Å². The minimum atomic E-state index is -3.81. The fourth-order valence-corrected chi connectivity index (χ4v) is 4.35. The Morgan fingerprint density at radius 2 is 1.86 bits per heavy atom. The standard InChI is InChI=1S/C13H16Br3NO3S/c1-3-6-9(2)17-12(18)10-7-4-5-8-11(10)21(19,20)13(14,15)16/h4-5,7-9H,3,6H2,1-2H3,(H,17,18). The Morgan fingerprint density at radius 1 is 1.29 bits per heavy atom. The molecule has 0 aliphatic carbocycles. The zero-order valence-electron chi connectivity index (χ0n) is 11.6. The Kier molecular flexibility index (Phi) is 6.89. The van der Waals surface area contributed by atoms with Crippen molar-refractivity contribution in [1.29, 1.82) is 0 Å². The lowest BCUT2D eigenvalue weighted by Crippen LogP contribution is -2.34. The SMILES string of the molecule is CCCC(C)NC(=O)c1ccccc1S(=O)(=O)C(Br)(Br)Br. The van der Waals surface area contributed by atoms with E-state index in [1.54, 1.807) is 12.1 Å². The third kappa shape index (κ3) is 4.77. The highest BCUT2D eigenvalue weighted by Gasteiger charge is 2.39. The molecule has 0 aliphatic heterocycles. The second-order valence-corrected chi connectivity index (χ2v) is 15.0. The fourth-order valence-electron chi connectivity index (χ4n) is 1.82. The molecule has 118 valence electrons. The number of halogens is 3. The van der Waals surface area contributed by atoms with Crippen LogP contribution in [-0.2, 0) is 9.84 Å². The van der Waals surface area contributed by atoms with Crippen molar-refractivity contribution in [2.75, 3.05) is 0 Å². The first-order chi connectivity index (χ1) is 9.61. The average molecular weight is 506 g/mol. The number of hydrogen-bond donors (Lipinski definition) is 1. The van der Waals surface area contributed by atoms with E-state index in [1.807, 2.05) is 13.8 Å². The molecule has 1 aromatic carbocycles. The Morgan fingerprint density at radius 3 is 2.38 bits per heavy atom. The van der Waals surface area contributed by atoms with Gasteiger partial charge in [-0.1, -0.05) is 25.5 Å². The normalized spacial score (nSPS) is 13.8. The zero-order chi connectivity index (χ0) is 16.3. The number of hydrogen-bond acceptors (Lipinski definition) is 3. The average Bonchev–Trinajstić information content (AvgIpc) is 2.37. The van der Waals surface area contributed by atoms with E-state index in [-0.39, 0.29) is 16.5 Å². The third-order valence-corrected chi connectivity index (χ3v) is 8.21. The molecule has 0 fully saturated rings. The molecule has 0 radical (unpaired) electrons. The van der Waals surface area contributed by atoms with Crippen LogP contribution in [0.2, 0.25) is 0 Å². The van der Waals surface area contributed by atoms with Gasteiger partial charge in [-0.3, -0.25) is 4.79 Å². The molecule has 1 rings (SSSR count). The maximum Gasteiger partial charge on any atom is 0.252 e. The number of nitrogens with one attached hydrogen (secondary N) is 1. The molecule has 0 aromatic heterocycles. The smallest absolute Gasteiger partial charge is 0.252 e. The first-order valence-electron chi connectivity index (χ1n) is 6.32. The van der Waals surface area contributed by atoms with Gasteiger partial charge in [0.1, 0.15) is 0 Å². The van der Waals surface area contributed by atoms with Crippen molar-refractivity contribution in [2.45, 2.75) is 39.1 Å². The van der Waals surface area contributed by atoms with Gasteiger partial charge >= 0.3 is 0 Å². The lowest BCUT2D eigenvalue weighted by atomic mass is 10.1. The Balaban J connectivity index is 3.20. The van der Waals surface area contributed by atoms with E-state index in [1.165, 1.54) is 12.1 Å². The van der Waals surface area contributed by atoms with Gasteiger partial charge in [0.2, 0.25) is 11.3 Å². The van der Waals surface area contributed by atoms with Gasteiger partial charge in [-0.05, 0) is 73.3 Å². The molecule has 1 amide bonds. The topological polar surface area (TPSA) is 63.2 Å². The second kappa shape index (κ2) is 7.57. The summed E-state index contributed by atoms with van der Waals surface area (Å²) in [5, 5.41) is 2.81. The summed E-state index contributed by atoms with van der Waals surface area (Å²) in [5.74, 6) is -0.396. The highest BCUT2D eigenvalue weighted by molar-refractivity contribution is 9.42. The molecule has 1 unspecified atom stereocenters. The van der Waals surface area contributed by atoms with Gasteiger partial charge in [0.05, 0.1) is 10.5 Å². The molecule has 1 aromatic rings. The van der Waals surface area contributed by atoms with Gasteiger partial charge in [-0.15, -0.1) is 0 Å². The first-order valence-corrected chi connectivity index (χ1v) is 10.2. The van der Waals surface area contributed by atoms with E-state index in [4.69, 9.17) is 0 Å². The Hall–Kier alpha value is 0.0800. The van der Waals surface area contributed by atoms with Crippen molar-refractivity contribution >= 4 is 63.5 Å². The van der Waals surface area contributed by atoms with Crippen molar-refractivity contribution in [2.24, 2.45) is 0 Å². The van der Waals surface area contributed by atoms with Crippen LogP contribution < -0.4 is 5.32 Å². The first kappa shape index (κ1) is 19.1. The van der Waals surface area contributed by atoms with Crippen molar-refractivity contribution in [1.82, 2.24) is 5.32 Å². The van der Waals surface area contributed by atoms with E-state index in [0.717, 1.165) is 12.8 Å². The number of alkyl halides is 3. The highest BCUT2D eigenvalue weighted by Crippen LogP contribution is 2.43. The molecule has 1 atom stereocenters. The maximum atomic E-state index is 12.5. The zero-order valence-corrected chi connectivity index (χ0v) is 17.1. The summed E-state index contributed by atoms with van der Waals surface area (Å²) in [6, 6.07) is 6.11. The number of carbonyl (C=O) groups excluding carboxylic acids is 1. The van der Waals surface area contributed by atoms with Crippen LogP contribution in [0.25, 0.3) is 0 Å². The van der Waals surface area contributed by atoms with Gasteiger partial charge < -0.3 is 5.32 Å². The van der Waals surface area contributed by atoms with E-state index in [2.05, 4.69) is 53.1 Å². The number of benzene rings is 1. The lowest BCUT2D eigenvalue weighted by molar-refractivity contribution is 0.0935. The summed E-state index contributed by atoms with van der Waals surface area (Å²) >= 11 is 9.03. The molecule has 8 heteroatoms. The van der Waals surface area contributed by atoms with Crippen LogP contribution in [0.4, 0.5) is 0 Å². The van der Waals surface area contributed by atoms with Crippen LogP contribution in [0, 0.1) is 0 Å². The molecule has 4 nitrogen and oxygen atoms in total. The van der Waals surface area contributed by atoms with E-state index in [9.17, 15) is 13.2 Å². The van der Waals surface area contributed by atoms with Crippen LogP contribution in [0.1, 0.15) is 37.0 Å². The molecule has 0 heterocycles. The summed E-state index contributed by atoms with van der Waals surface area (Å²) in [7, 11) is -3.81. The lowest BCUT2D eigenvalue weighted by Gasteiger charge is -2.18. The van der Waals surface area contributed by atoms with Crippen molar-refractivity contribution < 1.29 is 13.2 Å². The largest absolute Gasteiger partial charge is 0.350 e. The predicted octanol–water partition coefficient (Wildman–Crippen LogP) is 4.17. The van der Waals surface area contributed by atoms with E-state index < -0.39 is 17.2 Å². The highest BCUT2D eigenvalue weighted by atomic mass is 80.0. The molecular formula is C13H16Br3NO3S. The van der Waals surface area contributed by atoms with Gasteiger partial charge in [-0.2, -0.15) is 0 Å². The molecule has 0 bridgehead atoms. The third-order valence-electron chi connectivity index (χ3n) is 2.83. The Labute approximate surface area is 150 Å². The number of rotatable bonds is 5. The van der Waals surface area contributed by atoms with Crippen LogP contribution in [0.5, 0.6) is 0 Å². The number of carbonyl (C=O) groups is 1. The van der Waals surface area contributed by atoms with Gasteiger partial charge in [0.25, 0.3) is 5.91 Å².